The molecule has 3 N–H and O–H groups in total. The zero-order chi connectivity index (χ0) is 25.5. The first-order valence-electron chi connectivity index (χ1n) is 12.0. The van der Waals surface area contributed by atoms with E-state index in [1.807, 2.05) is 33.2 Å². The second-order valence-electron chi connectivity index (χ2n) is 10.7. The molecule has 8 nitrogen and oxygen atoms in total. The van der Waals surface area contributed by atoms with Gasteiger partial charge in [-0.15, -0.1) is 11.3 Å². The fourth-order valence-corrected chi connectivity index (χ4v) is 5.88. The van der Waals surface area contributed by atoms with Gasteiger partial charge in [0.05, 0.1) is 28.2 Å². The van der Waals surface area contributed by atoms with Gasteiger partial charge in [-0.25, -0.2) is 4.98 Å². The molecule has 4 rings (SSSR count). The number of hydrogen-bond donors (Lipinski definition) is 3. The molecule has 1 aliphatic heterocycles. The van der Waals surface area contributed by atoms with Crippen LogP contribution in [0.15, 0.2) is 23.7 Å². The zero-order valence-corrected chi connectivity index (χ0v) is 21.7. The van der Waals surface area contributed by atoms with Crippen LogP contribution in [0, 0.1) is 12.3 Å². The molecule has 0 spiro atoms. The monoisotopic (exact) mass is 498 g/mol. The molecule has 0 saturated carbocycles. The Hall–Kier alpha value is -2.78. The van der Waals surface area contributed by atoms with E-state index in [1.165, 1.54) is 17.4 Å². The summed E-state index contributed by atoms with van der Waals surface area (Å²) in [5.74, 6) is -0.930. The van der Waals surface area contributed by atoms with Crippen LogP contribution in [0.25, 0.3) is 10.4 Å². The van der Waals surface area contributed by atoms with Crippen molar-refractivity contribution < 1.29 is 19.5 Å². The number of aryl methyl sites for hydroxylation is 2. The van der Waals surface area contributed by atoms with Crippen molar-refractivity contribution in [2.24, 2.45) is 5.41 Å². The van der Waals surface area contributed by atoms with E-state index in [1.54, 1.807) is 11.3 Å². The number of aliphatic hydroxyl groups excluding tert-OH is 1. The summed E-state index contributed by atoms with van der Waals surface area (Å²) in [7, 11) is 0. The van der Waals surface area contributed by atoms with Crippen LogP contribution >= 0.6 is 11.3 Å². The van der Waals surface area contributed by atoms with Crippen molar-refractivity contribution in [2.75, 3.05) is 6.54 Å². The van der Waals surface area contributed by atoms with Gasteiger partial charge in [-0.1, -0.05) is 32.9 Å². The Morgan fingerprint density at radius 3 is 2.63 bits per heavy atom. The van der Waals surface area contributed by atoms with E-state index in [-0.39, 0.29) is 36.7 Å². The van der Waals surface area contributed by atoms with Gasteiger partial charge in [-0.05, 0) is 47.9 Å². The Balaban J connectivity index is 1.50. The number of hydrogen-bond acceptors (Lipinski definition) is 6. The molecule has 4 atom stereocenters. The molecule has 1 aromatic heterocycles. The number of thiazole rings is 1. The van der Waals surface area contributed by atoms with Crippen LogP contribution in [0.2, 0.25) is 0 Å². The highest BCUT2D eigenvalue weighted by Crippen LogP contribution is 2.36. The fourth-order valence-electron chi connectivity index (χ4n) is 5.08. The normalized spacial score (nSPS) is 22.6. The van der Waals surface area contributed by atoms with Crippen LogP contribution in [-0.4, -0.2) is 57.4 Å². The van der Waals surface area contributed by atoms with Crippen LogP contribution in [0.5, 0.6) is 0 Å². The molecule has 1 aromatic carbocycles. The van der Waals surface area contributed by atoms with Gasteiger partial charge in [0.2, 0.25) is 17.7 Å². The van der Waals surface area contributed by atoms with Crippen molar-refractivity contribution >= 4 is 29.1 Å². The van der Waals surface area contributed by atoms with Crippen LogP contribution in [-0.2, 0) is 20.8 Å². The third-order valence-electron chi connectivity index (χ3n) is 6.87. The fraction of sp³-hybridized carbons (Fsp3) is 0.538. The van der Waals surface area contributed by atoms with Crippen molar-refractivity contribution in [1.29, 1.82) is 0 Å². The number of aliphatic hydroxyl groups is 1. The third kappa shape index (κ3) is 5.26. The molecule has 188 valence electrons. The van der Waals surface area contributed by atoms with Gasteiger partial charge in [-0.3, -0.25) is 14.4 Å². The summed E-state index contributed by atoms with van der Waals surface area (Å²) in [5, 5.41) is 16.2. The average molecular weight is 499 g/mol. The molecule has 1 saturated heterocycles. The minimum atomic E-state index is -0.790. The topological polar surface area (TPSA) is 112 Å². The van der Waals surface area contributed by atoms with Crippen molar-refractivity contribution in [3.63, 3.8) is 0 Å². The lowest BCUT2D eigenvalue weighted by Crippen LogP contribution is -2.57. The molecule has 2 aromatic rings. The maximum atomic E-state index is 13.4. The molecule has 9 heteroatoms. The highest BCUT2D eigenvalue weighted by Gasteiger charge is 2.44. The predicted molar refractivity (Wildman–Crippen MR) is 135 cm³/mol. The first kappa shape index (κ1) is 25.3. The summed E-state index contributed by atoms with van der Waals surface area (Å²) in [6.45, 7) is 9.04. The Morgan fingerprint density at radius 1 is 1.26 bits per heavy atom. The lowest BCUT2D eigenvalue weighted by molar-refractivity contribution is -0.144. The van der Waals surface area contributed by atoms with Crippen LogP contribution in [0.4, 0.5) is 0 Å². The van der Waals surface area contributed by atoms with Gasteiger partial charge in [0.25, 0.3) is 0 Å². The number of rotatable bonds is 5. The summed E-state index contributed by atoms with van der Waals surface area (Å²) in [5.41, 5.74) is 5.74. The highest BCUT2D eigenvalue weighted by molar-refractivity contribution is 7.13. The quantitative estimate of drug-likeness (QED) is 0.587. The second-order valence-corrected chi connectivity index (χ2v) is 11.5. The van der Waals surface area contributed by atoms with Gasteiger partial charge in [-0.2, -0.15) is 0 Å². The molecule has 35 heavy (non-hydrogen) atoms. The minimum Gasteiger partial charge on any atom is -0.391 e. The molecule has 0 radical (unpaired) electrons. The molecule has 1 unspecified atom stereocenters. The zero-order valence-electron chi connectivity index (χ0n) is 20.9. The Bertz CT molecular complexity index is 1140. The smallest absolute Gasteiger partial charge is 0.246 e. The van der Waals surface area contributed by atoms with Gasteiger partial charge < -0.3 is 20.6 Å². The summed E-state index contributed by atoms with van der Waals surface area (Å²) in [6, 6.07) is 4.61. The lowest BCUT2D eigenvalue weighted by Gasteiger charge is -2.35. The van der Waals surface area contributed by atoms with E-state index in [0.29, 0.717) is 0 Å². The van der Waals surface area contributed by atoms with Crippen LogP contribution in [0.1, 0.15) is 63.4 Å². The number of amides is 3. The molecule has 2 heterocycles. The number of likely N-dealkylation sites (tertiary alicyclic amines) is 1. The Morgan fingerprint density at radius 2 is 2.00 bits per heavy atom. The van der Waals surface area contributed by atoms with Gasteiger partial charge in [0.1, 0.15) is 12.1 Å². The van der Waals surface area contributed by atoms with Gasteiger partial charge >= 0.3 is 0 Å². The summed E-state index contributed by atoms with van der Waals surface area (Å²) in [6.07, 6.45) is 1.04. The van der Waals surface area contributed by atoms with E-state index >= 15 is 0 Å². The van der Waals surface area contributed by atoms with Crippen molar-refractivity contribution in [3.05, 3.63) is 40.5 Å². The Kier molecular flexibility index (Phi) is 7.02. The molecule has 0 bridgehead atoms. The highest BCUT2D eigenvalue weighted by atomic mass is 32.1. The summed E-state index contributed by atoms with van der Waals surface area (Å²) < 4.78 is 0. The summed E-state index contributed by atoms with van der Waals surface area (Å²) in [4.78, 5) is 45.4. The first-order chi connectivity index (χ1) is 16.5. The third-order valence-corrected chi connectivity index (χ3v) is 7.85. The average Bonchev–Trinajstić information content (AvgIpc) is 3.49. The molecule has 1 fully saturated rings. The van der Waals surface area contributed by atoms with Crippen molar-refractivity contribution in [3.8, 4) is 10.4 Å². The largest absolute Gasteiger partial charge is 0.391 e. The van der Waals surface area contributed by atoms with Crippen molar-refractivity contribution in [1.82, 2.24) is 20.5 Å². The Labute approximate surface area is 210 Å². The predicted octanol–water partition coefficient (Wildman–Crippen LogP) is 2.73. The number of carbonyl (C=O) groups excluding carboxylic acids is 3. The van der Waals surface area contributed by atoms with Crippen molar-refractivity contribution in [2.45, 2.75) is 78.1 Å². The molecular formula is C26H34N4O4S. The maximum absolute atomic E-state index is 13.4. The molecule has 1 aliphatic carbocycles. The molecule has 3 amide bonds. The first-order valence-corrected chi connectivity index (χ1v) is 12.9. The van der Waals surface area contributed by atoms with E-state index < -0.39 is 23.6 Å². The minimum absolute atomic E-state index is 0.0713. The van der Waals surface area contributed by atoms with E-state index in [2.05, 4.69) is 33.8 Å². The van der Waals surface area contributed by atoms with E-state index in [4.69, 9.17) is 0 Å². The number of aromatic nitrogens is 1. The van der Waals surface area contributed by atoms with Gasteiger partial charge in [0, 0.05) is 19.9 Å². The van der Waals surface area contributed by atoms with E-state index in [0.717, 1.165) is 34.5 Å². The number of carbonyl (C=O) groups is 3. The van der Waals surface area contributed by atoms with Gasteiger partial charge in [0.15, 0.2) is 0 Å². The second kappa shape index (κ2) is 9.70. The number of nitrogens with zero attached hydrogens (tertiary/aromatic N) is 2. The summed E-state index contributed by atoms with van der Waals surface area (Å²) >= 11 is 1.62. The number of β-amino-alcohol motifs (C(OH)–C–C–N with tert-alkyl or cyclic N) is 1. The number of nitrogens with one attached hydrogen (secondary N) is 2. The lowest BCUT2D eigenvalue weighted by atomic mass is 9.85. The number of fused-ring (bicyclic) bond motifs is 1. The number of benzene rings is 1. The van der Waals surface area contributed by atoms with Crippen LogP contribution < -0.4 is 10.6 Å². The SMILES string of the molecule is CC(=O)N[C@H](C(=O)N1C[C@H](O)C[C@H]1C(=O)NC1CCc2cc(-c3scnc3C)ccc21)C(C)(C)C. The molecular weight excluding hydrogens is 464 g/mol. The van der Waals surface area contributed by atoms with Crippen LogP contribution in [0.3, 0.4) is 0 Å². The standard InChI is InChI=1S/C26H34N4O4S/c1-14-22(35-13-27-14)17-6-8-19-16(10-17)7-9-20(19)29-24(33)21-11-18(32)12-30(21)25(34)23(26(3,4)5)28-15(2)31/h6,8,10,13,18,20-21,23,32H,7,9,11-12H2,1-5H3,(H,28,31)(H,29,33)/t18-,20?,21+,23-/m1/s1. The molecule has 2 aliphatic rings. The maximum Gasteiger partial charge on any atom is 0.246 e. The van der Waals surface area contributed by atoms with E-state index in [9.17, 15) is 19.5 Å².